The molecule has 0 bridgehead atoms. The van der Waals surface area contributed by atoms with Crippen molar-refractivity contribution in [2.45, 2.75) is 18.9 Å². The standard InChI is InChI=1S/C16H17ClN2O5/c1-23-14(21)7-13(20)19-12(16(22)24-2)6-9-8-18-11-5-3-4-10(17)15(9)11/h3-5,8,12,18H,6-7H2,1-2H3,(H,19,20)/t12-/m0/s1. The van der Waals surface area contributed by atoms with Crippen molar-refractivity contribution in [1.82, 2.24) is 10.3 Å². The summed E-state index contributed by atoms with van der Waals surface area (Å²) >= 11 is 6.21. The van der Waals surface area contributed by atoms with Crippen LogP contribution in [0.4, 0.5) is 0 Å². The van der Waals surface area contributed by atoms with E-state index in [1.807, 2.05) is 6.07 Å². The highest BCUT2D eigenvalue weighted by atomic mass is 35.5. The first kappa shape index (κ1) is 17.8. The number of aromatic amines is 1. The average Bonchev–Trinajstić information content (AvgIpc) is 2.97. The Morgan fingerprint density at radius 2 is 2.00 bits per heavy atom. The van der Waals surface area contributed by atoms with Crippen LogP contribution in [-0.4, -0.2) is 43.1 Å². The molecule has 7 nitrogen and oxygen atoms in total. The number of esters is 2. The zero-order chi connectivity index (χ0) is 17.7. The molecule has 2 N–H and O–H groups in total. The van der Waals surface area contributed by atoms with Crippen LogP contribution in [0, 0.1) is 0 Å². The Bertz CT molecular complexity index is 771. The fourth-order valence-electron chi connectivity index (χ4n) is 2.37. The number of aromatic nitrogens is 1. The van der Waals surface area contributed by atoms with E-state index in [0.29, 0.717) is 5.02 Å². The zero-order valence-corrected chi connectivity index (χ0v) is 14.0. The van der Waals surface area contributed by atoms with Gasteiger partial charge in [0.25, 0.3) is 0 Å². The lowest BCUT2D eigenvalue weighted by molar-refractivity contribution is -0.148. The largest absolute Gasteiger partial charge is 0.469 e. The number of ether oxygens (including phenoxy) is 2. The van der Waals surface area contributed by atoms with E-state index in [2.05, 4.69) is 15.0 Å². The molecule has 0 aliphatic rings. The molecule has 1 aromatic carbocycles. The van der Waals surface area contributed by atoms with Gasteiger partial charge in [0.15, 0.2) is 0 Å². The Kier molecular flexibility index (Phi) is 5.81. The summed E-state index contributed by atoms with van der Waals surface area (Å²) in [4.78, 5) is 38.0. The molecule has 0 aliphatic heterocycles. The minimum atomic E-state index is -0.942. The zero-order valence-electron chi connectivity index (χ0n) is 13.2. The topological polar surface area (TPSA) is 97.5 Å². The van der Waals surface area contributed by atoms with Gasteiger partial charge < -0.3 is 19.8 Å². The molecule has 8 heteroatoms. The summed E-state index contributed by atoms with van der Waals surface area (Å²) in [5.41, 5.74) is 1.58. The van der Waals surface area contributed by atoms with Crippen LogP contribution in [-0.2, 0) is 30.3 Å². The molecule has 0 fully saturated rings. The van der Waals surface area contributed by atoms with Gasteiger partial charge in [-0.1, -0.05) is 17.7 Å². The highest BCUT2D eigenvalue weighted by Gasteiger charge is 2.24. The number of hydrogen-bond acceptors (Lipinski definition) is 5. The van der Waals surface area contributed by atoms with Crippen LogP contribution in [0.5, 0.6) is 0 Å². The lowest BCUT2D eigenvalue weighted by Crippen LogP contribution is -2.43. The Morgan fingerprint density at radius 1 is 1.25 bits per heavy atom. The smallest absolute Gasteiger partial charge is 0.328 e. The first-order valence-electron chi connectivity index (χ1n) is 7.14. The van der Waals surface area contributed by atoms with E-state index in [1.165, 1.54) is 14.2 Å². The Hall–Kier alpha value is -2.54. The molecule has 0 aliphatic carbocycles. The van der Waals surface area contributed by atoms with Gasteiger partial charge in [0.2, 0.25) is 5.91 Å². The van der Waals surface area contributed by atoms with Crippen molar-refractivity contribution < 1.29 is 23.9 Å². The number of methoxy groups -OCH3 is 2. The van der Waals surface area contributed by atoms with Crippen LogP contribution in [0.15, 0.2) is 24.4 Å². The van der Waals surface area contributed by atoms with Crippen LogP contribution in [0.25, 0.3) is 10.9 Å². The summed E-state index contributed by atoms with van der Waals surface area (Å²) in [6.45, 7) is 0. The van der Waals surface area contributed by atoms with Crippen molar-refractivity contribution in [2.75, 3.05) is 14.2 Å². The maximum absolute atomic E-state index is 12.0. The first-order chi connectivity index (χ1) is 11.5. The number of benzene rings is 1. The third kappa shape index (κ3) is 4.05. The SMILES string of the molecule is COC(=O)CC(=O)N[C@@H](Cc1c[nH]c2cccc(Cl)c12)C(=O)OC. The number of halogens is 1. The van der Waals surface area contributed by atoms with E-state index < -0.39 is 30.3 Å². The Morgan fingerprint density at radius 3 is 2.67 bits per heavy atom. The van der Waals surface area contributed by atoms with Crippen LogP contribution in [0.1, 0.15) is 12.0 Å². The number of carbonyl (C=O) groups is 3. The van der Waals surface area contributed by atoms with Crippen LogP contribution in [0.2, 0.25) is 5.02 Å². The fourth-order valence-corrected chi connectivity index (χ4v) is 2.67. The maximum atomic E-state index is 12.0. The van der Waals surface area contributed by atoms with Crippen molar-refractivity contribution >= 4 is 40.3 Å². The van der Waals surface area contributed by atoms with Gasteiger partial charge in [0.1, 0.15) is 12.5 Å². The molecular formula is C16H17ClN2O5. The predicted molar refractivity (Wildman–Crippen MR) is 87.6 cm³/mol. The molecule has 2 aromatic rings. The van der Waals surface area contributed by atoms with Crippen LogP contribution < -0.4 is 5.32 Å². The molecule has 0 saturated carbocycles. The first-order valence-corrected chi connectivity index (χ1v) is 7.52. The number of fused-ring (bicyclic) bond motifs is 1. The van der Waals surface area contributed by atoms with Crippen molar-refractivity contribution in [2.24, 2.45) is 0 Å². The van der Waals surface area contributed by atoms with E-state index in [1.54, 1.807) is 18.3 Å². The molecular weight excluding hydrogens is 336 g/mol. The number of carbonyl (C=O) groups excluding carboxylic acids is 3. The van der Waals surface area contributed by atoms with Crippen LogP contribution in [0.3, 0.4) is 0 Å². The summed E-state index contributed by atoms with van der Waals surface area (Å²) in [6.07, 6.45) is 1.42. The van der Waals surface area contributed by atoms with Crippen LogP contribution >= 0.6 is 11.6 Å². The minimum absolute atomic E-state index is 0.170. The average molecular weight is 353 g/mol. The van der Waals surface area contributed by atoms with E-state index in [4.69, 9.17) is 16.3 Å². The van der Waals surface area contributed by atoms with Gasteiger partial charge in [-0.25, -0.2) is 4.79 Å². The lowest BCUT2D eigenvalue weighted by Gasteiger charge is -2.16. The maximum Gasteiger partial charge on any atom is 0.328 e. The number of amides is 1. The number of rotatable bonds is 6. The van der Waals surface area contributed by atoms with Gasteiger partial charge in [-0.05, 0) is 17.7 Å². The molecule has 1 aromatic heterocycles. The third-order valence-electron chi connectivity index (χ3n) is 3.51. The lowest BCUT2D eigenvalue weighted by atomic mass is 10.0. The van der Waals surface area contributed by atoms with Gasteiger partial charge in [0.05, 0.1) is 19.2 Å². The highest BCUT2D eigenvalue weighted by Crippen LogP contribution is 2.27. The third-order valence-corrected chi connectivity index (χ3v) is 3.83. The second-order valence-electron chi connectivity index (χ2n) is 5.08. The molecule has 0 radical (unpaired) electrons. The van der Waals surface area contributed by atoms with Crippen molar-refractivity contribution in [1.29, 1.82) is 0 Å². The second-order valence-corrected chi connectivity index (χ2v) is 5.48. The predicted octanol–water partition coefficient (Wildman–Crippen LogP) is 1.58. The normalized spacial score (nSPS) is 11.8. The molecule has 24 heavy (non-hydrogen) atoms. The summed E-state index contributed by atoms with van der Waals surface area (Å²) in [5, 5.41) is 3.79. The second kappa shape index (κ2) is 7.83. The number of H-pyrrole nitrogens is 1. The molecule has 0 unspecified atom stereocenters. The number of hydrogen-bond donors (Lipinski definition) is 2. The monoisotopic (exact) mass is 352 g/mol. The van der Waals surface area contributed by atoms with Gasteiger partial charge in [-0.15, -0.1) is 0 Å². The Labute approximate surface area is 143 Å². The molecule has 128 valence electrons. The molecule has 2 rings (SSSR count). The van der Waals surface area contributed by atoms with Gasteiger partial charge in [-0.3, -0.25) is 9.59 Å². The van der Waals surface area contributed by atoms with E-state index >= 15 is 0 Å². The molecule has 0 saturated heterocycles. The van der Waals surface area contributed by atoms with Crippen molar-refractivity contribution in [3.63, 3.8) is 0 Å². The molecule has 1 amide bonds. The van der Waals surface area contributed by atoms with Gasteiger partial charge in [-0.2, -0.15) is 0 Å². The highest BCUT2D eigenvalue weighted by molar-refractivity contribution is 6.35. The molecule has 0 spiro atoms. The summed E-state index contributed by atoms with van der Waals surface area (Å²) in [5.74, 6) is -1.93. The van der Waals surface area contributed by atoms with Crippen molar-refractivity contribution in [3.8, 4) is 0 Å². The molecule has 1 atom stereocenters. The number of nitrogens with one attached hydrogen (secondary N) is 2. The van der Waals surface area contributed by atoms with Crippen molar-refractivity contribution in [3.05, 3.63) is 35.0 Å². The van der Waals surface area contributed by atoms with E-state index in [-0.39, 0.29) is 6.42 Å². The summed E-state index contributed by atoms with van der Waals surface area (Å²) in [6, 6.07) is 4.46. The van der Waals surface area contributed by atoms with E-state index in [0.717, 1.165) is 16.5 Å². The van der Waals surface area contributed by atoms with Gasteiger partial charge >= 0.3 is 11.9 Å². The summed E-state index contributed by atoms with van der Waals surface area (Å²) < 4.78 is 9.15. The summed E-state index contributed by atoms with van der Waals surface area (Å²) in [7, 11) is 2.41. The Balaban J connectivity index is 2.21. The minimum Gasteiger partial charge on any atom is -0.469 e. The molecule has 1 heterocycles. The fraction of sp³-hybridized carbons (Fsp3) is 0.312. The van der Waals surface area contributed by atoms with Gasteiger partial charge in [0, 0.05) is 23.5 Å². The van der Waals surface area contributed by atoms with E-state index in [9.17, 15) is 14.4 Å². The quantitative estimate of drug-likeness (QED) is 0.607.